The summed E-state index contributed by atoms with van der Waals surface area (Å²) >= 11 is 3.48. The van der Waals surface area contributed by atoms with Crippen LogP contribution in [-0.4, -0.2) is 17.6 Å². The number of carbonyl (C=O) groups is 1. The number of fused-ring (bicyclic) bond motifs is 2. The van der Waals surface area contributed by atoms with Crippen molar-refractivity contribution in [1.82, 2.24) is 4.90 Å². The van der Waals surface area contributed by atoms with Gasteiger partial charge in [0.1, 0.15) is 23.9 Å². The number of anilines is 1. The van der Waals surface area contributed by atoms with Crippen molar-refractivity contribution in [3.63, 3.8) is 0 Å². The number of rotatable bonds is 4. The molecule has 0 saturated carbocycles. The van der Waals surface area contributed by atoms with E-state index in [1.165, 1.54) is 0 Å². The lowest BCUT2D eigenvalue weighted by atomic mass is 10.1. The van der Waals surface area contributed by atoms with Crippen LogP contribution >= 0.6 is 15.9 Å². The second-order valence-electron chi connectivity index (χ2n) is 6.54. The normalized spacial score (nSPS) is 13.1. The van der Waals surface area contributed by atoms with Gasteiger partial charge in [-0.3, -0.25) is 4.79 Å². The summed E-state index contributed by atoms with van der Waals surface area (Å²) in [6, 6.07) is 14.1. The van der Waals surface area contributed by atoms with Gasteiger partial charge in [0.2, 0.25) is 6.79 Å². The molecule has 8 nitrogen and oxygen atoms in total. The zero-order chi connectivity index (χ0) is 21.3. The number of nitrogens with zero attached hydrogens (tertiary/aromatic N) is 4. The van der Waals surface area contributed by atoms with Crippen molar-refractivity contribution in [3.05, 3.63) is 62.8 Å². The Morgan fingerprint density at radius 1 is 1.10 bits per heavy atom. The first kappa shape index (κ1) is 19.3. The molecule has 2 aliphatic rings. The first-order valence-electron chi connectivity index (χ1n) is 8.76. The Labute approximate surface area is 180 Å². The highest BCUT2D eigenvalue weighted by Crippen LogP contribution is 2.36. The van der Waals surface area contributed by atoms with Gasteiger partial charge >= 0.3 is 0 Å². The van der Waals surface area contributed by atoms with E-state index < -0.39 is 0 Å². The molecule has 0 aromatic heterocycles. The predicted molar refractivity (Wildman–Crippen MR) is 108 cm³/mol. The zero-order valence-electron chi connectivity index (χ0n) is 15.4. The van der Waals surface area contributed by atoms with Crippen LogP contribution in [-0.2, 0) is 13.1 Å². The first-order valence-corrected chi connectivity index (χ1v) is 9.55. The molecule has 2 aliphatic heterocycles. The van der Waals surface area contributed by atoms with Gasteiger partial charge < -0.3 is 19.7 Å². The van der Waals surface area contributed by atoms with Gasteiger partial charge in [-0.1, -0.05) is 22.0 Å². The summed E-state index contributed by atoms with van der Waals surface area (Å²) < 4.78 is 11.4. The van der Waals surface area contributed by atoms with Crippen molar-refractivity contribution in [2.24, 2.45) is 0 Å². The molecule has 4 rings (SSSR count). The van der Waals surface area contributed by atoms with Gasteiger partial charge in [0.05, 0.1) is 0 Å². The van der Waals surface area contributed by atoms with E-state index in [-0.39, 0.29) is 24.0 Å². The van der Waals surface area contributed by atoms with Crippen molar-refractivity contribution in [2.45, 2.75) is 13.1 Å². The highest BCUT2D eigenvalue weighted by atomic mass is 79.9. The maximum atomic E-state index is 13.0. The fourth-order valence-corrected chi connectivity index (χ4v) is 3.89. The SMILES string of the molecule is N#CC(C#N)=C(C#N)Nc1cc(Br)c2c(c1)C(=O)N(Cc1ccc3c(c1)OCO3)C2. The van der Waals surface area contributed by atoms with Crippen LogP contribution < -0.4 is 14.8 Å². The van der Waals surface area contributed by atoms with E-state index in [0.717, 1.165) is 11.1 Å². The fourth-order valence-electron chi connectivity index (χ4n) is 3.31. The topological polar surface area (TPSA) is 122 Å². The molecule has 146 valence electrons. The third-order valence-corrected chi connectivity index (χ3v) is 5.43. The molecule has 0 saturated heterocycles. The van der Waals surface area contributed by atoms with Crippen LogP contribution in [0.2, 0.25) is 0 Å². The minimum absolute atomic E-state index is 0.157. The van der Waals surface area contributed by atoms with E-state index in [1.807, 2.05) is 18.2 Å². The molecular weight excluding hydrogens is 450 g/mol. The van der Waals surface area contributed by atoms with Gasteiger partial charge in [-0.25, -0.2) is 0 Å². The highest BCUT2D eigenvalue weighted by Gasteiger charge is 2.30. The summed E-state index contributed by atoms with van der Waals surface area (Å²) in [7, 11) is 0. The molecule has 2 aromatic rings. The number of hydrogen-bond donors (Lipinski definition) is 1. The molecule has 2 aromatic carbocycles. The molecule has 0 radical (unpaired) electrons. The third-order valence-electron chi connectivity index (χ3n) is 4.73. The lowest BCUT2D eigenvalue weighted by Gasteiger charge is -2.16. The average molecular weight is 462 g/mol. The number of halogens is 1. The summed E-state index contributed by atoms with van der Waals surface area (Å²) in [4.78, 5) is 14.7. The molecule has 0 fully saturated rings. The number of hydrogen-bond acceptors (Lipinski definition) is 7. The number of amides is 1. The van der Waals surface area contributed by atoms with Crippen LogP contribution in [0.25, 0.3) is 0 Å². The van der Waals surface area contributed by atoms with Crippen molar-refractivity contribution < 1.29 is 14.3 Å². The molecule has 0 spiro atoms. The van der Waals surface area contributed by atoms with Crippen LogP contribution in [0.5, 0.6) is 11.5 Å². The van der Waals surface area contributed by atoms with Gasteiger partial charge in [0.25, 0.3) is 5.91 Å². The summed E-state index contributed by atoms with van der Waals surface area (Å²) in [6.45, 7) is 1.01. The molecule has 0 aliphatic carbocycles. The number of nitrogens with one attached hydrogen (secondary N) is 1. The van der Waals surface area contributed by atoms with E-state index in [4.69, 9.17) is 20.0 Å². The molecule has 9 heteroatoms. The number of benzene rings is 2. The van der Waals surface area contributed by atoms with Crippen LogP contribution in [0.3, 0.4) is 0 Å². The Bertz CT molecular complexity index is 1220. The van der Waals surface area contributed by atoms with Crippen LogP contribution in [0.1, 0.15) is 21.5 Å². The first-order chi connectivity index (χ1) is 14.5. The zero-order valence-corrected chi connectivity index (χ0v) is 17.0. The summed E-state index contributed by atoms with van der Waals surface area (Å²) in [5, 5.41) is 29.9. The molecule has 0 atom stereocenters. The minimum Gasteiger partial charge on any atom is -0.454 e. The monoisotopic (exact) mass is 461 g/mol. The van der Waals surface area contributed by atoms with E-state index >= 15 is 0 Å². The standard InChI is InChI=1S/C21H12BrN5O3/c22-17-5-14(26-18(8-25)13(6-23)7-24)4-15-16(17)10-27(21(15)28)9-12-1-2-19-20(3-12)30-11-29-19/h1-5,26H,9-11H2. The lowest BCUT2D eigenvalue weighted by molar-refractivity contribution is 0.0766. The lowest BCUT2D eigenvalue weighted by Crippen LogP contribution is -2.23. The smallest absolute Gasteiger partial charge is 0.254 e. The van der Waals surface area contributed by atoms with E-state index in [9.17, 15) is 10.1 Å². The number of carbonyl (C=O) groups excluding carboxylic acids is 1. The molecule has 0 unspecified atom stereocenters. The second-order valence-corrected chi connectivity index (χ2v) is 7.40. The molecular formula is C21H12BrN5O3. The summed E-state index contributed by atoms with van der Waals surface area (Å²) in [5.41, 5.74) is 2.16. The minimum atomic E-state index is -0.329. The third kappa shape index (κ3) is 3.41. The van der Waals surface area contributed by atoms with Gasteiger partial charge in [-0.05, 0) is 35.4 Å². The van der Waals surface area contributed by atoms with Crippen LogP contribution in [0.4, 0.5) is 5.69 Å². The Kier molecular flexibility index (Phi) is 5.02. The van der Waals surface area contributed by atoms with Gasteiger partial charge in [0.15, 0.2) is 17.1 Å². The van der Waals surface area contributed by atoms with Crippen molar-refractivity contribution >= 4 is 27.5 Å². The van der Waals surface area contributed by atoms with E-state index in [2.05, 4.69) is 21.2 Å². The van der Waals surface area contributed by atoms with E-state index in [0.29, 0.717) is 40.3 Å². The number of nitriles is 3. The van der Waals surface area contributed by atoms with Crippen LogP contribution in [0, 0.1) is 34.0 Å². The molecule has 1 amide bonds. The van der Waals surface area contributed by atoms with Crippen molar-refractivity contribution in [3.8, 4) is 29.7 Å². The highest BCUT2D eigenvalue weighted by molar-refractivity contribution is 9.10. The second kappa shape index (κ2) is 7.79. The number of ether oxygens (including phenoxy) is 2. The summed E-state index contributed by atoms with van der Waals surface area (Å²) in [5.74, 6) is 1.19. The maximum Gasteiger partial charge on any atom is 0.254 e. The van der Waals surface area contributed by atoms with Crippen molar-refractivity contribution in [1.29, 1.82) is 15.8 Å². The Balaban J connectivity index is 1.59. The average Bonchev–Trinajstić information content (AvgIpc) is 3.33. The molecule has 1 N–H and O–H groups in total. The quantitative estimate of drug-likeness (QED) is 0.690. The largest absolute Gasteiger partial charge is 0.454 e. The molecule has 30 heavy (non-hydrogen) atoms. The fraction of sp³-hybridized carbons (Fsp3) is 0.143. The summed E-state index contributed by atoms with van der Waals surface area (Å²) in [6.07, 6.45) is 0. The Morgan fingerprint density at radius 3 is 2.60 bits per heavy atom. The Hall–Kier alpha value is -4.00. The maximum absolute atomic E-state index is 13.0. The van der Waals surface area contributed by atoms with Crippen molar-refractivity contribution in [2.75, 3.05) is 12.1 Å². The number of allylic oxidation sites excluding steroid dienone is 2. The van der Waals surface area contributed by atoms with E-state index in [1.54, 1.807) is 35.2 Å². The predicted octanol–water partition coefficient (Wildman–Crippen LogP) is 3.57. The van der Waals surface area contributed by atoms with Gasteiger partial charge in [-0.15, -0.1) is 0 Å². The molecule has 2 heterocycles. The molecule has 0 bridgehead atoms. The Morgan fingerprint density at radius 2 is 1.87 bits per heavy atom. The van der Waals surface area contributed by atoms with Gasteiger partial charge in [-0.2, -0.15) is 15.8 Å². The van der Waals surface area contributed by atoms with Crippen LogP contribution in [0.15, 0.2) is 46.1 Å². The van der Waals surface area contributed by atoms with Gasteiger partial charge in [0, 0.05) is 28.8 Å².